The molecule has 2 aromatic carbocycles. The molecule has 0 unspecified atom stereocenters. The van der Waals surface area contributed by atoms with Gasteiger partial charge in [0.05, 0.1) is 24.6 Å². The molecule has 3 rings (SSSR count). The Labute approximate surface area is 173 Å². The van der Waals surface area contributed by atoms with E-state index in [1.165, 1.54) is 11.8 Å². The predicted molar refractivity (Wildman–Crippen MR) is 111 cm³/mol. The van der Waals surface area contributed by atoms with Crippen LogP contribution in [0.5, 0.6) is 0 Å². The molecule has 3 aromatic rings. The van der Waals surface area contributed by atoms with Gasteiger partial charge in [0.2, 0.25) is 0 Å². The minimum Gasteiger partial charge on any atom is -0.298 e. The summed E-state index contributed by atoms with van der Waals surface area (Å²) in [6.45, 7) is 0.629. The van der Waals surface area contributed by atoms with E-state index in [2.05, 4.69) is 39.0 Å². The number of rotatable bonds is 8. The molecule has 0 aliphatic carbocycles. The molecule has 0 fully saturated rings. The fourth-order valence-electron chi connectivity index (χ4n) is 2.72. The molecule has 0 N–H and O–H groups in total. The molecule has 0 aliphatic rings. The van der Waals surface area contributed by atoms with Gasteiger partial charge in [-0.1, -0.05) is 53.7 Å². The smallest absolute Gasteiger partial charge is 0.191 e. The second kappa shape index (κ2) is 9.94. The summed E-state index contributed by atoms with van der Waals surface area (Å²) in [7, 11) is 0. The van der Waals surface area contributed by atoms with Crippen LogP contribution in [0.1, 0.15) is 18.4 Å². The van der Waals surface area contributed by atoms with E-state index in [1.54, 1.807) is 0 Å². The van der Waals surface area contributed by atoms with Crippen LogP contribution in [0.3, 0.4) is 0 Å². The summed E-state index contributed by atoms with van der Waals surface area (Å²) in [6.07, 6.45) is 0.947. The zero-order valence-corrected chi connectivity index (χ0v) is 16.7. The average Bonchev–Trinajstić information content (AvgIpc) is 3.12. The molecule has 0 amide bonds. The molecule has 1 heterocycles. The molecule has 1 aromatic heterocycles. The van der Waals surface area contributed by atoms with Crippen molar-refractivity contribution in [2.75, 3.05) is 5.75 Å². The molecule has 7 heteroatoms. The number of hydrogen-bond donors (Lipinski definition) is 0. The molecular weight excluding hydrogens is 390 g/mol. The highest BCUT2D eigenvalue weighted by Crippen LogP contribution is 2.28. The molecule has 0 bridgehead atoms. The van der Waals surface area contributed by atoms with Crippen LogP contribution in [-0.4, -0.2) is 20.5 Å². The average molecular weight is 408 g/mol. The maximum Gasteiger partial charge on any atom is 0.191 e. The molecule has 0 aliphatic heterocycles. The Hall–Kier alpha value is -2.80. The Bertz CT molecular complexity index is 986. The molecule has 0 spiro atoms. The largest absolute Gasteiger partial charge is 0.298 e. The van der Waals surface area contributed by atoms with Crippen molar-refractivity contribution in [3.63, 3.8) is 0 Å². The normalized spacial score (nSPS) is 11.5. The van der Waals surface area contributed by atoms with Gasteiger partial charge in [0.1, 0.15) is 0 Å². The number of benzene rings is 2. The van der Waals surface area contributed by atoms with Crippen LogP contribution in [0.4, 0.5) is 0 Å². The van der Waals surface area contributed by atoms with Gasteiger partial charge in [-0.05, 0) is 36.2 Å². The minimum absolute atomic E-state index is 0.189. The lowest BCUT2D eigenvalue weighted by molar-refractivity contribution is 0.677. The topological polar surface area (TPSA) is 78.3 Å². The van der Waals surface area contributed by atoms with E-state index in [0.29, 0.717) is 30.2 Å². The van der Waals surface area contributed by atoms with E-state index >= 15 is 0 Å². The quantitative estimate of drug-likeness (QED) is 0.480. The molecule has 28 heavy (non-hydrogen) atoms. The van der Waals surface area contributed by atoms with Gasteiger partial charge in [-0.15, -0.1) is 10.2 Å². The van der Waals surface area contributed by atoms with Crippen LogP contribution in [0.2, 0.25) is 5.02 Å². The van der Waals surface area contributed by atoms with E-state index in [4.69, 9.17) is 16.9 Å². The van der Waals surface area contributed by atoms with E-state index in [-0.39, 0.29) is 5.92 Å². The summed E-state index contributed by atoms with van der Waals surface area (Å²) in [6, 6.07) is 22.0. The summed E-state index contributed by atoms with van der Waals surface area (Å²) in [5, 5.41) is 28.2. The van der Waals surface area contributed by atoms with E-state index < -0.39 is 0 Å². The highest BCUT2D eigenvalue weighted by atomic mass is 35.5. The van der Waals surface area contributed by atoms with Crippen molar-refractivity contribution in [1.82, 2.24) is 14.8 Å². The van der Waals surface area contributed by atoms with Gasteiger partial charge in [-0.2, -0.15) is 10.5 Å². The van der Waals surface area contributed by atoms with Crippen molar-refractivity contribution in [2.45, 2.75) is 24.5 Å². The van der Waals surface area contributed by atoms with Gasteiger partial charge in [-0.25, -0.2) is 0 Å². The molecule has 0 saturated heterocycles. The minimum atomic E-state index is -0.189. The lowest BCUT2D eigenvalue weighted by Crippen LogP contribution is -2.06. The van der Waals surface area contributed by atoms with Crippen molar-refractivity contribution in [3.8, 4) is 23.5 Å². The number of thioether (sulfide) groups is 1. The predicted octanol–water partition coefficient (Wildman–Crippen LogP) is 5.18. The van der Waals surface area contributed by atoms with Crippen molar-refractivity contribution < 1.29 is 0 Å². The van der Waals surface area contributed by atoms with Gasteiger partial charge < -0.3 is 0 Å². The van der Waals surface area contributed by atoms with Crippen LogP contribution < -0.4 is 0 Å². The molecule has 140 valence electrons. The standard InChI is InChI=1S/C21H18ClN5S/c22-19-10-8-18(9-11-19)20-25-26-21(28-15-17(13-24)7-4-12-23)27(20)14-16-5-2-1-3-6-16/h1-3,5-6,8-11,17H,4,7,14-15H2/t17-/m0/s1. The fraction of sp³-hybridized carbons (Fsp3) is 0.238. The zero-order chi connectivity index (χ0) is 19.8. The van der Waals surface area contributed by atoms with Gasteiger partial charge in [0.25, 0.3) is 0 Å². The van der Waals surface area contributed by atoms with Gasteiger partial charge >= 0.3 is 0 Å². The molecular formula is C21H18ClN5S. The Morgan fingerprint density at radius 1 is 1.04 bits per heavy atom. The van der Waals surface area contributed by atoms with Gasteiger partial charge in [0, 0.05) is 22.8 Å². The molecule has 0 radical (unpaired) electrons. The number of halogens is 1. The first-order chi connectivity index (χ1) is 13.7. The van der Waals surface area contributed by atoms with Crippen LogP contribution in [0, 0.1) is 28.6 Å². The third-order valence-corrected chi connectivity index (χ3v) is 5.58. The van der Waals surface area contributed by atoms with Crippen molar-refractivity contribution in [1.29, 1.82) is 10.5 Å². The third kappa shape index (κ3) is 5.13. The number of nitrogens with zero attached hydrogens (tertiary/aromatic N) is 5. The fourth-order valence-corrected chi connectivity index (χ4v) is 3.84. The monoisotopic (exact) mass is 407 g/mol. The van der Waals surface area contributed by atoms with Crippen molar-refractivity contribution >= 4 is 23.4 Å². The van der Waals surface area contributed by atoms with Crippen molar-refractivity contribution in [2.24, 2.45) is 5.92 Å². The summed E-state index contributed by atoms with van der Waals surface area (Å²) in [4.78, 5) is 0. The van der Waals surface area contributed by atoms with Crippen LogP contribution >= 0.6 is 23.4 Å². The maximum atomic E-state index is 9.32. The lowest BCUT2D eigenvalue weighted by atomic mass is 10.1. The summed E-state index contributed by atoms with van der Waals surface area (Å²) < 4.78 is 2.06. The van der Waals surface area contributed by atoms with Gasteiger partial charge in [0.15, 0.2) is 11.0 Å². The SMILES string of the molecule is N#CCC[C@@H](C#N)CSc1nnc(-c2ccc(Cl)cc2)n1Cc1ccccc1. The van der Waals surface area contributed by atoms with E-state index in [9.17, 15) is 5.26 Å². The first kappa shape index (κ1) is 19.9. The van der Waals surface area contributed by atoms with Gasteiger partial charge in [-0.3, -0.25) is 4.57 Å². The first-order valence-corrected chi connectivity index (χ1v) is 10.2. The summed E-state index contributed by atoms with van der Waals surface area (Å²) in [5.41, 5.74) is 2.07. The van der Waals surface area contributed by atoms with Crippen LogP contribution in [0.15, 0.2) is 59.8 Å². The number of aromatic nitrogens is 3. The molecule has 5 nitrogen and oxygen atoms in total. The molecule has 1 atom stereocenters. The van der Waals surface area contributed by atoms with Crippen molar-refractivity contribution in [3.05, 3.63) is 65.2 Å². The second-order valence-electron chi connectivity index (χ2n) is 6.22. The Morgan fingerprint density at radius 3 is 2.46 bits per heavy atom. The lowest BCUT2D eigenvalue weighted by Gasteiger charge is -2.11. The second-order valence-corrected chi connectivity index (χ2v) is 7.64. The maximum absolute atomic E-state index is 9.32. The Kier molecular flexibility index (Phi) is 7.08. The summed E-state index contributed by atoms with van der Waals surface area (Å²) >= 11 is 7.52. The highest BCUT2D eigenvalue weighted by Gasteiger charge is 2.17. The van der Waals surface area contributed by atoms with Crippen LogP contribution in [-0.2, 0) is 6.54 Å². The van der Waals surface area contributed by atoms with Crippen LogP contribution in [0.25, 0.3) is 11.4 Å². The first-order valence-electron chi connectivity index (χ1n) is 8.83. The van der Waals surface area contributed by atoms with E-state index in [1.807, 2.05) is 42.5 Å². The Morgan fingerprint density at radius 2 is 1.79 bits per heavy atom. The third-order valence-electron chi connectivity index (χ3n) is 4.20. The number of hydrogen-bond acceptors (Lipinski definition) is 5. The van der Waals surface area contributed by atoms with E-state index in [0.717, 1.165) is 22.1 Å². The highest BCUT2D eigenvalue weighted by molar-refractivity contribution is 7.99. The number of nitriles is 2. The summed E-state index contributed by atoms with van der Waals surface area (Å²) in [5.74, 6) is 1.14. The molecule has 0 saturated carbocycles. The zero-order valence-electron chi connectivity index (χ0n) is 15.1. The Balaban J connectivity index is 1.88.